The van der Waals surface area contributed by atoms with Crippen molar-refractivity contribution < 1.29 is 4.79 Å². The molecule has 1 aromatic heterocycles. The quantitative estimate of drug-likeness (QED) is 0.913. The molecule has 15 heavy (non-hydrogen) atoms. The highest BCUT2D eigenvalue weighted by molar-refractivity contribution is 9.10. The molecule has 0 aliphatic rings. The van der Waals surface area contributed by atoms with Crippen LogP contribution in [0.2, 0.25) is 0 Å². The summed E-state index contributed by atoms with van der Waals surface area (Å²) in [6, 6.07) is 0. The van der Waals surface area contributed by atoms with Crippen LogP contribution in [0.1, 0.15) is 31.3 Å². The molecule has 0 unspecified atom stereocenters. The number of nitrogens with zero attached hydrogens (tertiary/aromatic N) is 2. The molecule has 0 saturated carbocycles. The predicted octanol–water partition coefficient (Wildman–Crippen LogP) is 2.05. The summed E-state index contributed by atoms with van der Waals surface area (Å²) in [7, 11) is 0. The van der Waals surface area contributed by atoms with E-state index in [2.05, 4.69) is 40.2 Å². The maximum absolute atomic E-state index is 11.7. The molecule has 1 N–H and O–H groups in total. The highest BCUT2D eigenvalue weighted by atomic mass is 79.9. The Morgan fingerprint density at radius 3 is 2.80 bits per heavy atom. The Kier molecular flexibility index (Phi) is 4.32. The molecule has 1 heterocycles. The highest BCUT2D eigenvalue weighted by Crippen LogP contribution is 2.14. The fourth-order valence-electron chi connectivity index (χ4n) is 1.09. The average molecular weight is 274 g/mol. The Bertz CT molecular complexity index is 346. The van der Waals surface area contributed by atoms with E-state index in [0.717, 1.165) is 11.0 Å². The van der Waals surface area contributed by atoms with Gasteiger partial charge in [0.05, 0.1) is 4.47 Å². The third-order valence-corrected chi connectivity index (χ3v) is 2.51. The second-order valence-corrected chi connectivity index (χ2v) is 4.64. The number of carbonyl (C=O) groups is 1. The minimum atomic E-state index is -0.122. The van der Waals surface area contributed by atoms with Gasteiger partial charge in [0.2, 0.25) is 0 Å². The van der Waals surface area contributed by atoms with Gasteiger partial charge in [-0.05, 0) is 28.8 Å². The van der Waals surface area contributed by atoms with Crippen LogP contribution in [-0.2, 0) is 6.54 Å². The lowest BCUT2D eigenvalue weighted by Gasteiger charge is -2.05. The second-order valence-electron chi connectivity index (χ2n) is 3.79. The molecule has 0 atom stereocenters. The third kappa shape index (κ3) is 3.34. The van der Waals surface area contributed by atoms with Crippen LogP contribution in [0.5, 0.6) is 0 Å². The van der Waals surface area contributed by atoms with Gasteiger partial charge < -0.3 is 5.32 Å². The first-order chi connectivity index (χ1) is 7.04. The van der Waals surface area contributed by atoms with Crippen LogP contribution in [0.4, 0.5) is 0 Å². The number of aryl methyl sites for hydroxylation is 1. The Hall–Kier alpha value is -0.840. The smallest absolute Gasteiger partial charge is 0.272 e. The van der Waals surface area contributed by atoms with Crippen molar-refractivity contribution in [1.82, 2.24) is 15.1 Å². The van der Waals surface area contributed by atoms with Gasteiger partial charge in [0, 0.05) is 19.3 Å². The monoisotopic (exact) mass is 273 g/mol. The molecule has 0 bridgehead atoms. The zero-order valence-corrected chi connectivity index (χ0v) is 10.8. The average Bonchev–Trinajstić information content (AvgIpc) is 2.56. The number of amides is 1. The van der Waals surface area contributed by atoms with E-state index in [-0.39, 0.29) is 5.91 Å². The number of halogens is 1. The Morgan fingerprint density at radius 2 is 2.33 bits per heavy atom. The van der Waals surface area contributed by atoms with Crippen LogP contribution in [0, 0.1) is 5.92 Å². The van der Waals surface area contributed by atoms with Crippen LogP contribution in [-0.4, -0.2) is 22.2 Å². The van der Waals surface area contributed by atoms with Gasteiger partial charge in [-0.1, -0.05) is 13.8 Å². The van der Waals surface area contributed by atoms with Crippen molar-refractivity contribution in [3.63, 3.8) is 0 Å². The molecule has 0 radical (unpaired) electrons. The van der Waals surface area contributed by atoms with Gasteiger partial charge in [-0.2, -0.15) is 5.10 Å². The largest absolute Gasteiger partial charge is 0.350 e. The molecule has 0 saturated heterocycles. The van der Waals surface area contributed by atoms with Crippen molar-refractivity contribution in [1.29, 1.82) is 0 Å². The summed E-state index contributed by atoms with van der Waals surface area (Å²) < 4.78 is 2.47. The van der Waals surface area contributed by atoms with E-state index >= 15 is 0 Å². The molecule has 84 valence electrons. The van der Waals surface area contributed by atoms with Gasteiger partial charge in [-0.3, -0.25) is 9.48 Å². The molecule has 1 amide bonds. The lowest BCUT2D eigenvalue weighted by molar-refractivity contribution is 0.0942. The fraction of sp³-hybridized carbons (Fsp3) is 0.600. The standard InChI is InChI=1S/C10H16BrN3O/c1-4-14-6-8(11)9(13-14)10(15)12-5-7(2)3/h6-7H,4-5H2,1-3H3,(H,12,15). The third-order valence-electron chi connectivity index (χ3n) is 1.93. The first kappa shape index (κ1) is 12.2. The van der Waals surface area contributed by atoms with Crippen molar-refractivity contribution in [2.45, 2.75) is 27.3 Å². The SMILES string of the molecule is CCn1cc(Br)c(C(=O)NCC(C)C)n1. The molecule has 0 spiro atoms. The summed E-state index contributed by atoms with van der Waals surface area (Å²) in [5, 5.41) is 7.00. The van der Waals surface area contributed by atoms with E-state index in [1.165, 1.54) is 0 Å². The number of hydrogen-bond donors (Lipinski definition) is 1. The number of aromatic nitrogens is 2. The molecule has 1 rings (SSSR count). The van der Waals surface area contributed by atoms with Crippen molar-refractivity contribution in [3.05, 3.63) is 16.4 Å². The van der Waals surface area contributed by atoms with E-state index in [0.29, 0.717) is 18.2 Å². The van der Waals surface area contributed by atoms with Gasteiger partial charge in [-0.15, -0.1) is 0 Å². The Balaban J connectivity index is 2.68. The zero-order chi connectivity index (χ0) is 11.4. The van der Waals surface area contributed by atoms with Crippen molar-refractivity contribution >= 4 is 21.8 Å². The summed E-state index contributed by atoms with van der Waals surface area (Å²) in [6.45, 7) is 7.52. The van der Waals surface area contributed by atoms with Crippen LogP contribution >= 0.6 is 15.9 Å². The molecule has 5 heteroatoms. The number of carbonyl (C=O) groups excluding carboxylic acids is 1. The number of hydrogen-bond acceptors (Lipinski definition) is 2. The molecule has 0 aliphatic carbocycles. The molecular formula is C10H16BrN3O. The Labute approximate surface area is 98.2 Å². The summed E-state index contributed by atoms with van der Waals surface area (Å²) in [6.07, 6.45) is 1.81. The van der Waals surface area contributed by atoms with E-state index in [1.807, 2.05) is 13.1 Å². The molecule has 1 aromatic rings. The highest BCUT2D eigenvalue weighted by Gasteiger charge is 2.14. The molecular weight excluding hydrogens is 258 g/mol. The van der Waals surface area contributed by atoms with Gasteiger partial charge in [0.1, 0.15) is 0 Å². The second kappa shape index (κ2) is 5.30. The van der Waals surface area contributed by atoms with Crippen molar-refractivity contribution in [2.24, 2.45) is 5.92 Å². The normalized spacial score (nSPS) is 10.7. The van der Waals surface area contributed by atoms with E-state index < -0.39 is 0 Å². The van der Waals surface area contributed by atoms with Crippen molar-refractivity contribution in [3.8, 4) is 0 Å². The lowest BCUT2D eigenvalue weighted by atomic mass is 10.2. The minimum Gasteiger partial charge on any atom is -0.350 e. The summed E-state index contributed by atoms with van der Waals surface area (Å²) in [4.78, 5) is 11.7. The fourth-order valence-corrected chi connectivity index (χ4v) is 1.59. The van der Waals surface area contributed by atoms with Gasteiger partial charge in [-0.25, -0.2) is 0 Å². The molecule has 4 nitrogen and oxygen atoms in total. The summed E-state index contributed by atoms with van der Waals surface area (Å²) in [5.74, 6) is 0.323. The summed E-state index contributed by atoms with van der Waals surface area (Å²) in [5.41, 5.74) is 0.456. The van der Waals surface area contributed by atoms with Gasteiger partial charge in [0.25, 0.3) is 5.91 Å². The van der Waals surface area contributed by atoms with E-state index in [1.54, 1.807) is 4.68 Å². The minimum absolute atomic E-state index is 0.122. The first-order valence-electron chi connectivity index (χ1n) is 5.05. The van der Waals surface area contributed by atoms with E-state index in [9.17, 15) is 4.79 Å². The van der Waals surface area contributed by atoms with Crippen molar-refractivity contribution in [2.75, 3.05) is 6.54 Å². The molecule has 0 aromatic carbocycles. The van der Waals surface area contributed by atoms with E-state index in [4.69, 9.17) is 0 Å². The van der Waals surface area contributed by atoms with Gasteiger partial charge in [0.15, 0.2) is 5.69 Å². The Morgan fingerprint density at radius 1 is 1.67 bits per heavy atom. The number of nitrogens with one attached hydrogen (secondary N) is 1. The van der Waals surface area contributed by atoms with Crippen LogP contribution in [0.15, 0.2) is 10.7 Å². The molecule has 0 aliphatic heterocycles. The lowest BCUT2D eigenvalue weighted by Crippen LogP contribution is -2.28. The maximum atomic E-state index is 11.7. The summed E-state index contributed by atoms with van der Waals surface area (Å²) >= 11 is 3.32. The first-order valence-corrected chi connectivity index (χ1v) is 5.85. The zero-order valence-electron chi connectivity index (χ0n) is 9.25. The van der Waals surface area contributed by atoms with Crippen LogP contribution in [0.25, 0.3) is 0 Å². The van der Waals surface area contributed by atoms with Crippen LogP contribution in [0.3, 0.4) is 0 Å². The topological polar surface area (TPSA) is 46.9 Å². The maximum Gasteiger partial charge on any atom is 0.272 e. The predicted molar refractivity (Wildman–Crippen MR) is 62.8 cm³/mol. The number of rotatable bonds is 4. The van der Waals surface area contributed by atoms with Crippen LogP contribution < -0.4 is 5.32 Å². The van der Waals surface area contributed by atoms with Gasteiger partial charge >= 0.3 is 0 Å². The molecule has 0 fully saturated rings.